The second-order valence-electron chi connectivity index (χ2n) is 8.18. The van der Waals surface area contributed by atoms with Gasteiger partial charge in [0.15, 0.2) is 0 Å². The van der Waals surface area contributed by atoms with E-state index in [0.29, 0.717) is 6.54 Å². The Morgan fingerprint density at radius 2 is 1.33 bits per heavy atom. The highest BCUT2D eigenvalue weighted by atomic mass is 14.5. The summed E-state index contributed by atoms with van der Waals surface area (Å²) in [6, 6.07) is 14.9. The number of benzene rings is 2. The van der Waals surface area contributed by atoms with Gasteiger partial charge in [-0.25, -0.2) is 0 Å². The zero-order valence-corrected chi connectivity index (χ0v) is 15.2. The van der Waals surface area contributed by atoms with E-state index in [4.69, 9.17) is 5.73 Å². The summed E-state index contributed by atoms with van der Waals surface area (Å²) in [5.74, 6) is 6.61. The van der Waals surface area contributed by atoms with Crippen LogP contribution in [0.2, 0.25) is 0 Å². The van der Waals surface area contributed by atoms with E-state index < -0.39 is 0 Å². The van der Waals surface area contributed by atoms with E-state index in [1.165, 1.54) is 24.0 Å². The molecule has 3 rings (SSSR count). The molecular weight excluding hydrogens is 290 g/mol. The normalized spacial score (nSPS) is 17.5. The van der Waals surface area contributed by atoms with Crippen molar-refractivity contribution in [3.8, 4) is 11.8 Å². The lowest BCUT2D eigenvalue weighted by atomic mass is 9.63. The van der Waals surface area contributed by atoms with Gasteiger partial charge in [-0.3, -0.25) is 0 Å². The average molecular weight is 317 g/mol. The van der Waals surface area contributed by atoms with Crippen LogP contribution in [0.1, 0.15) is 68.4 Å². The molecule has 0 fully saturated rings. The van der Waals surface area contributed by atoms with E-state index in [1.807, 2.05) is 24.3 Å². The van der Waals surface area contributed by atoms with Crippen molar-refractivity contribution in [3.63, 3.8) is 0 Å². The Hall–Kier alpha value is -2.04. The van der Waals surface area contributed by atoms with Gasteiger partial charge in [-0.1, -0.05) is 57.7 Å². The first-order valence-corrected chi connectivity index (χ1v) is 8.78. The van der Waals surface area contributed by atoms with Gasteiger partial charge < -0.3 is 5.73 Å². The lowest BCUT2D eigenvalue weighted by molar-refractivity contribution is 0.332. The SMILES string of the molecule is CC1(C)CCC(C)(C)c2cc(C#Cc3ccc(CN)cc3)ccc21. The molecule has 0 unspecified atom stereocenters. The molecule has 1 nitrogen and oxygen atoms in total. The summed E-state index contributed by atoms with van der Waals surface area (Å²) in [4.78, 5) is 0. The Morgan fingerprint density at radius 1 is 0.792 bits per heavy atom. The molecule has 0 aliphatic heterocycles. The van der Waals surface area contributed by atoms with Gasteiger partial charge in [-0.05, 0) is 64.6 Å². The monoisotopic (exact) mass is 317 g/mol. The highest BCUT2D eigenvalue weighted by molar-refractivity contribution is 5.50. The summed E-state index contributed by atoms with van der Waals surface area (Å²) < 4.78 is 0. The maximum atomic E-state index is 5.64. The van der Waals surface area contributed by atoms with E-state index in [1.54, 1.807) is 0 Å². The fourth-order valence-corrected chi connectivity index (χ4v) is 3.53. The standard InChI is InChI=1S/C23H27N/c1-22(2)13-14-23(3,4)21-15-18(11-12-20(21)22)8-5-17-6-9-19(16-24)10-7-17/h6-7,9-12,15H,13-14,16,24H2,1-4H3. The molecule has 2 aromatic rings. The zero-order valence-electron chi connectivity index (χ0n) is 15.2. The molecule has 0 spiro atoms. The molecule has 2 aromatic carbocycles. The van der Waals surface area contributed by atoms with E-state index in [2.05, 4.69) is 57.7 Å². The van der Waals surface area contributed by atoms with Crippen LogP contribution in [0.5, 0.6) is 0 Å². The predicted molar refractivity (Wildman–Crippen MR) is 102 cm³/mol. The van der Waals surface area contributed by atoms with Crippen molar-refractivity contribution in [2.24, 2.45) is 5.73 Å². The molecule has 1 heteroatoms. The fourth-order valence-electron chi connectivity index (χ4n) is 3.53. The first-order chi connectivity index (χ1) is 11.3. The van der Waals surface area contributed by atoms with Gasteiger partial charge in [0.05, 0.1) is 0 Å². The minimum absolute atomic E-state index is 0.227. The third-order valence-electron chi connectivity index (χ3n) is 5.39. The van der Waals surface area contributed by atoms with Crippen molar-refractivity contribution in [2.75, 3.05) is 0 Å². The van der Waals surface area contributed by atoms with Crippen LogP contribution >= 0.6 is 0 Å². The number of rotatable bonds is 1. The highest BCUT2D eigenvalue weighted by Crippen LogP contribution is 2.45. The topological polar surface area (TPSA) is 26.0 Å². The summed E-state index contributed by atoms with van der Waals surface area (Å²) in [6.45, 7) is 9.98. The molecule has 0 atom stereocenters. The molecule has 0 saturated carbocycles. The number of nitrogens with two attached hydrogens (primary N) is 1. The summed E-state index contributed by atoms with van der Waals surface area (Å²) in [6.07, 6.45) is 2.47. The summed E-state index contributed by atoms with van der Waals surface area (Å²) in [7, 11) is 0. The second kappa shape index (κ2) is 6.11. The lowest BCUT2D eigenvalue weighted by Crippen LogP contribution is -2.33. The van der Waals surface area contributed by atoms with Crippen molar-refractivity contribution in [3.05, 3.63) is 70.3 Å². The minimum atomic E-state index is 0.227. The summed E-state index contributed by atoms with van der Waals surface area (Å²) >= 11 is 0. The van der Waals surface area contributed by atoms with Crippen LogP contribution in [-0.2, 0) is 17.4 Å². The van der Waals surface area contributed by atoms with Gasteiger partial charge >= 0.3 is 0 Å². The van der Waals surface area contributed by atoms with Gasteiger partial charge in [0.25, 0.3) is 0 Å². The lowest BCUT2D eigenvalue weighted by Gasteiger charge is -2.41. The maximum Gasteiger partial charge on any atom is 0.0252 e. The second-order valence-corrected chi connectivity index (χ2v) is 8.18. The molecule has 1 aliphatic carbocycles. The van der Waals surface area contributed by atoms with Crippen molar-refractivity contribution in [1.29, 1.82) is 0 Å². The summed E-state index contributed by atoms with van der Waals surface area (Å²) in [5, 5.41) is 0. The number of hydrogen-bond acceptors (Lipinski definition) is 1. The Kier molecular flexibility index (Phi) is 4.28. The Bertz CT molecular complexity index is 798. The van der Waals surface area contributed by atoms with Crippen molar-refractivity contribution >= 4 is 0 Å². The highest BCUT2D eigenvalue weighted by Gasteiger charge is 2.36. The number of fused-ring (bicyclic) bond motifs is 1. The van der Waals surface area contributed by atoms with Crippen LogP contribution in [0.4, 0.5) is 0 Å². The Balaban J connectivity index is 1.95. The third-order valence-corrected chi connectivity index (χ3v) is 5.39. The maximum absolute atomic E-state index is 5.64. The molecule has 0 aromatic heterocycles. The molecule has 124 valence electrons. The van der Waals surface area contributed by atoms with Gasteiger partial charge in [0.1, 0.15) is 0 Å². The first kappa shape index (κ1) is 16.8. The Labute approximate surface area is 146 Å². The molecule has 1 aliphatic rings. The van der Waals surface area contributed by atoms with Crippen LogP contribution in [0.15, 0.2) is 42.5 Å². The van der Waals surface area contributed by atoms with Gasteiger partial charge in [-0.2, -0.15) is 0 Å². The zero-order chi connectivity index (χ0) is 17.4. The van der Waals surface area contributed by atoms with Crippen LogP contribution in [0, 0.1) is 11.8 Å². The van der Waals surface area contributed by atoms with Gasteiger partial charge in [0, 0.05) is 17.7 Å². The third kappa shape index (κ3) is 3.25. The molecule has 0 saturated heterocycles. The molecule has 0 heterocycles. The fraction of sp³-hybridized carbons (Fsp3) is 0.391. The van der Waals surface area contributed by atoms with Gasteiger partial charge in [-0.15, -0.1) is 0 Å². The van der Waals surface area contributed by atoms with E-state index in [-0.39, 0.29) is 10.8 Å². The summed E-state index contributed by atoms with van der Waals surface area (Å²) in [5.41, 5.74) is 12.3. The predicted octanol–water partition coefficient (Wildman–Crippen LogP) is 4.89. The van der Waals surface area contributed by atoms with E-state index in [9.17, 15) is 0 Å². The number of hydrogen-bond donors (Lipinski definition) is 1. The molecule has 24 heavy (non-hydrogen) atoms. The van der Waals surface area contributed by atoms with Crippen LogP contribution in [0.3, 0.4) is 0 Å². The molecule has 0 radical (unpaired) electrons. The molecular formula is C23H27N. The largest absolute Gasteiger partial charge is 0.326 e. The quantitative estimate of drug-likeness (QED) is 0.744. The van der Waals surface area contributed by atoms with Crippen LogP contribution in [0.25, 0.3) is 0 Å². The van der Waals surface area contributed by atoms with Crippen LogP contribution < -0.4 is 5.73 Å². The van der Waals surface area contributed by atoms with Gasteiger partial charge in [0.2, 0.25) is 0 Å². The van der Waals surface area contributed by atoms with Crippen LogP contribution in [-0.4, -0.2) is 0 Å². The minimum Gasteiger partial charge on any atom is -0.326 e. The smallest absolute Gasteiger partial charge is 0.0252 e. The van der Waals surface area contributed by atoms with Crippen molar-refractivity contribution in [2.45, 2.75) is 57.9 Å². The van der Waals surface area contributed by atoms with E-state index in [0.717, 1.165) is 16.7 Å². The molecule has 0 bridgehead atoms. The average Bonchev–Trinajstić information content (AvgIpc) is 2.58. The first-order valence-electron chi connectivity index (χ1n) is 8.78. The van der Waals surface area contributed by atoms with E-state index >= 15 is 0 Å². The molecule has 0 amide bonds. The van der Waals surface area contributed by atoms with Crippen molar-refractivity contribution < 1.29 is 0 Å². The van der Waals surface area contributed by atoms with Crippen molar-refractivity contribution in [1.82, 2.24) is 0 Å². The Morgan fingerprint density at radius 3 is 1.96 bits per heavy atom. The molecule has 2 N–H and O–H groups in total.